The van der Waals surface area contributed by atoms with Gasteiger partial charge in [-0.25, -0.2) is 4.39 Å². The third-order valence-corrected chi connectivity index (χ3v) is 3.32. The molecule has 0 bridgehead atoms. The van der Waals surface area contributed by atoms with Crippen molar-refractivity contribution in [3.63, 3.8) is 0 Å². The molecule has 0 saturated carbocycles. The van der Waals surface area contributed by atoms with Crippen LogP contribution in [0.25, 0.3) is 0 Å². The summed E-state index contributed by atoms with van der Waals surface area (Å²) >= 11 is 2.93. The normalized spacial score (nSPS) is 11.5. The van der Waals surface area contributed by atoms with Gasteiger partial charge in [-0.1, -0.05) is 0 Å². The van der Waals surface area contributed by atoms with Gasteiger partial charge >= 0.3 is 5.97 Å². The Bertz CT molecular complexity index is 445. The fourth-order valence-electron chi connectivity index (χ4n) is 1.33. The van der Waals surface area contributed by atoms with Crippen molar-refractivity contribution in [1.82, 2.24) is 0 Å². The van der Waals surface area contributed by atoms with Crippen LogP contribution in [-0.2, 0) is 11.2 Å². The topological polar surface area (TPSA) is 77.8 Å². The number of benzene rings is 1. The van der Waals surface area contributed by atoms with E-state index in [4.69, 9.17) is 5.11 Å². The summed E-state index contributed by atoms with van der Waals surface area (Å²) in [6.45, 7) is 2.90. The first-order valence-electron chi connectivity index (χ1n) is 4.79. The average molecular weight is 307 g/mol. The summed E-state index contributed by atoms with van der Waals surface area (Å²) in [5.41, 5.74) is -1.14. The standard InChI is InChI=1S/C11H12BrFO4/c1-11(2,10(16)17)4-5-8(12)6(13)3-7(14)9(5)15/h3,14-15H,4H2,1-2H3,(H,16,17). The van der Waals surface area contributed by atoms with Crippen molar-refractivity contribution in [3.8, 4) is 11.5 Å². The largest absolute Gasteiger partial charge is 0.504 e. The van der Waals surface area contributed by atoms with Crippen molar-refractivity contribution < 1.29 is 24.5 Å². The van der Waals surface area contributed by atoms with Crippen molar-refractivity contribution in [3.05, 3.63) is 21.9 Å². The Morgan fingerprint density at radius 2 is 2.00 bits per heavy atom. The van der Waals surface area contributed by atoms with Crippen molar-refractivity contribution in [1.29, 1.82) is 0 Å². The highest BCUT2D eigenvalue weighted by Crippen LogP contribution is 2.39. The molecule has 3 N–H and O–H groups in total. The number of aromatic hydroxyl groups is 2. The van der Waals surface area contributed by atoms with Crippen molar-refractivity contribution in [2.24, 2.45) is 5.41 Å². The van der Waals surface area contributed by atoms with Gasteiger partial charge in [0.1, 0.15) is 5.82 Å². The number of aliphatic carboxylic acids is 1. The molecular formula is C11H12BrFO4. The maximum absolute atomic E-state index is 13.3. The van der Waals surface area contributed by atoms with Crippen LogP contribution in [0.15, 0.2) is 10.5 Å². The van der Waals surface area contributed by atoms with Crippen LogP contribution in [0.2, 0.25) is 0 Å². The Balaban J connectivity index is 3.28. The van der Waals surface area contributed by atoms with Gasteiger partial charge in [0.2, 0.25) is 0 Å². The van der Waals surface area contributed by atoms with E-state index >= 15 is 0 Å². The van der Waals surface area contributed by atoms with E-state index in [1.165, 1.54) is 13.8 Å². The van der Waals surface area contributed by atoms with E-state index in [1.54, 1.807) is 0 Å². The molecule has 0 spiro atoms. The Kier molecular flexibility index (Phi) is 3.66. The van der Waals surface area contributed by atoms with Gasteiger partial charge in [-0.15, -0.1) is 0 Å². The predicted molar refractivity (Wildman–Crippen MR) is 62.6 cm³/mol. The Hall–Kier alpha value is -1.30. The highest BCUT2D eigenvalue weighted by molar-refractivity contribution is 9.10. The van der Waals surface area contributed by atoms with E-state index in [1.807, 2.05) is 0 Å². The summed E-state index contributed by atoms with van der Waals surface area (Å²) in [6.07, 6.45) is -0.111. The fraction of sp³-hybridized carbons (Fsp3) is 0.364. The van der Waals surface area contributed by atoms with Gasteiger partial charge in [0.05, 0.1) is 9.89 Å². The summed E-state index contributed by atoms with van der Waals surface area (Å²) in [5, 5.41) is 27.9. The van der Waals surface area contributed by atoms with Crippen LogP contribution in [0.1, 0.15) is 19.4 Å². The molecule has 0 fully saturated rings. The number of halogens is 2. The van der Waals surface area contributed by atoms with Gasteiger partial charge in [-0.3, -0.25) is 4.79 Å². The van der Waals surface area contributed by atoms with E-state index in [0.29, 0.717) is 0 Å². The number of carbonyl (C=O) groups is 1. The zero-order chi connectivity index (χ0) is 13.4. The Morgan fingerprint density at radius 1 is 1.47 bits per heavy atom. The number of hydrogen-bond donors (Lipinski definition) is 3. The van der Waals surface area contributed by atoms with Crippen LogP contribution in [-0.4, -0.2) is 21.3 Å². The molecule has 17 heavy (non-hydrogen) atoms. The van der Waals surface area contributed by atoms with Crippen LogP contribution >= 0.6 is 15.9 Å². The molecule has 0 aliphatic rings. The van der Waals surface area contributed by atoms with Gasteiger partial charge in [0.15, 0.2) is 11.5 Å². The number of hydrogen-bond acceptors (Lipinski definition) is 3. The van der Waals surface area contributed by atoms with E-state index < -0.39 is 28.7 Å². The van der Waals surface area contributed by atoms with Crippen LogP contribution in [0.4, 0.5) is 4.39 Å². The highest BCUT2D eigenvalue weighted by atomic mass is 79.9. The van der Waals surface area contributed by atoms with Crippen molar-refractivity contribution in [2.45, 2.75) is 20.3 Å². The number of carboxylic acid groups (broad SMARTS) is 1. The third-order valence-electron chi connectivity index (χ3n) is 2.46. The first kappa shape index (κ1) is 13.8. The van der Waals surface area contributed by atoms with Gasteiger partial charge in [0, 0.05) is 11.6 Å². The van der Waals surface area contributed by atoms with Crippen molar-refractivity contribution >= 4 is 21.9 Å². The maximum Gasteiger partial charge on any atom is 0.309 e. The van der Waals surface area contributed by atoms with Crippen molar-refractivity contribution in [2.75, 3.05) is 0 Å². The predicted octanol–water partition coefficient (Wildman–Crippen LogP) is 2.65. The van der Waals surface area contributed by atoms with E-state index in [-0.39, 0.29) is 16.5 Å². The smallest absolute Gasteiger partial charge is 0.309 e. The lowest BCUT2D eigenvalue weighted by Gasteiger charge is -2.21. The molecule has 1 rings (SSSR count). The highest BCUT2D eigenvalue weighted by Gasteiger charge is 2.31. The number of rotatable bonds is 3. The van der Waals surface area contributed by atoms with Crippen LogP contribution in [0.5, 0.6) is 11.5 Å². The minimum absolute atomic E-state index is 0.0369. The molecule has 4 nitrogen and oxygen atoms in total. The zero-order valence-electron chi connectivity index (χ0n) is 9.29. The molecule has 0 saturated heterocycles. The molecule has 6 heteroatoms. The van der Waals surface area contributed by atoms with Gasteiger partial charge in [0.25, 0.3) is 0 Å². The molecule has 1 aromatic carbocycles. The summed E-state index contributed by atoms with van der Waals surface area (Å²) in [6, 6.07) is 0.761. The fourth-order valence-corrected chi connectivity index (χ4v) is 1.78. The Labute approximate surface area is 106 Å². The summed E-state index contributed by atoms with van der Waals surface area (Å²) in [4.78, 5) is 11.0. The van der Waals surface area contributed by atoms with Crippen LogP contribution in [0.3, 0.4) is 0 Å². The second-order valence-electron chi connectivity index (χ2n) is 4.38. The molecule has 0 aliphatic heterocycles. The zero-order valence-corrected chi connectivity index (χ0v) is 10.9. The molecule has 1 aromatic rings. The van der Waals surface area contributed by atoms with Gasteiger partial charge < -0.3 is 15.3 Å². The second-order valence-corrected chi connectivity index (χ2v) is 5.18. The number of phenols is 2. The van der Waals surface area contributed by atoms with Gasteiger partial charge in [-0.05, 0) is 36.2 Å². The molecule has 94 valence electrons. The Morgan fingerprint density at radius 3 is 2.47 bits per heavy atom. The lowest BCUT2D eigenvalue weighted by Crippen LogP contribution is -2.26. The van der Waals surface area contributed by atoms with E-state index in [2.05, 4.69) is 15.9 Å². The van der Waals surface area contributed by atoms with Gasteiger partial charge in [-0.2, -0.15) is 0 Å². The molecular weight excluding hydrogens is 295 g/mol. The SMILES string of the molecule is CC(C)(Cc1c(O)c(O)cc(F)c1Br)C(=O)O. The van der Waals surface area contributed by atoms with Crippen LogP contribution < -0.4 is 0 Å². The molecule has 0 aromatic heterocycles. The quantitative estimate of drug-likeness (QED) is 0.750. The first-order chi connectivity index (χ1) is 7.66. The summed E-state index contributed by atoms with van der Waals surface area (Å²) < 4.78 is 13.3. The first-order valence-corrected chi connectivity index (χ1v) is 5.58. The maximum atomic E-state index is 13.3. The minimum atomic E-state index is -1.18. The van der Waals surface area contributed by atoms with Crippen LogP contribution in [0, 0.1) is 11.2 Å². The summed E-state index contributed by atoms with van der Waals surface area (Å²) in [7, 11) is 0. The summed E-state index contributed by atoms with van der Waals surface area (Å²) in [5.74, 6) is -2.95. The molecule has 0 amide bonds. The van der Waals surface area contributed by atoms with E-state index in [9.17, 15) is 19.4 Å². The monoisotopic (exact) mass is 306 g/mol. The third kappa shape index (κ3) is 2.69. The minimum Gasteiger partial charge on any atom is -0.504 e. The average Bonchev–Trinajstić information content (AvgIpc) is 2.21. The molecule has 0 heterocycles. The molecule has 0 unspecified atom stereocenters. The van der Waals surface area contributed by atoms with E-state index in [0.717, 1.165) is 6.07 Å². The molecule has 0 atom stereocenters. The lowest BCUT2D eigenvalue weighted by atomic mass is 9.85. The number of carboxylic acids is 1. The lowest BCUT2D eigenvalue weighted by molar-refractivity contribution is -0.146. The number of phenolic OH excluding ortho intramolecular Hbond substituents is 2. The molecule has 0 radical (unpaired) electrons. The second kappa shape index (κ2) is 4.52. The molecule has 0 aliphatic carbocycles.